The zero-order chi connectivity index (χ0) is 14.8. The van der Waals surface area contributed by atoms with Gasteiger partial charge in [0.1, 0.15) is 12.4 Å². The van der Waals surface area contributed by atoms with E-state index in [0.29, 0.717) is 19.6 Å². The van der Waals surface area contributed by atoms with Crippen molar-refractivity contribution in [3.63, 3.8) is 0 Å². The molecule has 0 aromatic heterocycles. The summed E-state index contributed by atoms with van der Waals surface area (Å²) in [5.41, 5.74) is 6.59. The number of hydrogen-bond acceptors (Lipinski definition) is 4. The van der Waals surface area contributed by atoms with Gasteiger partial charge < -0.3 is 20.5 Å². The van der Waals surface area contributed by atoms with Gasteiger partial charge in [-0.2, -0.15) is 0 Å². The average molecular weight is 280 g/mol. The first kappa shape index (κ1) is 16.5. The average Bonchev–Trinajstić information content (AvgIpc) is 2.41. The zero-order valence-electron chi connectivity index (χ0n) is 12.2. The summed E-state index contributed by atoms with van der Waals surface area (Å²) in [4.78, 5) is 11.8. The van der Waals surface area contributed by atoms with E-state index in [0.717, 1.165) is 24.3 Å². The molecule has 0 fully saturated rings. The number of methoxy groups -OCH3 is 1. The number of hydrogen-bond donors (Lipinski definition) is 2. The zero-order valence-corrected chi connectivity index (χ0v) is 12.2. The maximum Gasteiger partial charge on any atom is 0.225 e. The van der Waals surface area contributed by atoms with E-state index in [-0.39, 0.29) is 11.9 Å². The lowest BCUT2D eigenvalue weighted by atomic mass is 10.1. The molecular formula is C15H24N2O3. The van der Waals surface area contributed by atoms with E-state index < -0.39 is 0 Å². The lowest BCUT2D eigenvalue weighted by molar-refractivity contribution is -0.116. The van der Waals surface area contributed by atoms with Crippen LogP contribution in [0.5, 0.6) is 5.75 Å². The van der Waals surface area contributed by atoms with E-state index in [1.807, 2.05) is 24.3 Å². The van der Waals surface area contributed by atoms with Gasteiger partial charge in [-0.15, -0.1) is 0 Å². The maximum absolute atomic E-state index is 11.8. The van der Waals surface area contributed by atoms with E-state index in [1.165, 1.54) is 0 Å². The number of nitrogens with two attached hydrogens (primary N) is 1. The molecule has 0 heterocycles. The molecule has 0 saturated heterocycles. The van der Waals surface area contributed by atoms with Crippen molar-refractivity contribution >= 4 is 11.6 Å². The molecule has 5 heteroatoms. The van der Waals surface area contributed by atoms with Crippen LogP contribution in [0.25, 0.3) is 0 Å². The molecule has 0 aliphatic heterocycles. The Morgan fingerprint density at radius 1 is 1.30 bits per heavy atom. The number of nitrogens with one attached hydrogen (secondary N) is 1. The van der Waals surface area contributed by atoms with Crippen LogP contribution in [0.15, 0.2) is 24.3 Å². The Kier molecular flexibility index (Phi) is 7.69. The molecule has 0 saturated carbocycles. The summed E-state index contributed by atoms with van der Waals surface area (Å²) in [6.07, 6.45) is 2.20. The lowest BCUT2D eigenvalue weighted by Gasteiger charge is -2.11. The minimum atomic E-state index is -0.0725. The van der Waals surface area contributed by atoms with Crippen LogP contribution in [0.2, 0.25) is 0 Å². The largest absolute Gasteiger partial charge is 0.491 e. The Bertz CT molecular complexity index is 393. The summed E-state index contributed by atoms with van der Waals surface area (Å²) in [7, 11) is 1.63. The summed E-state index contributed by atoms with van der Waals surface area (Å²) >= 11 is 0. The normalized spacial score (nSPS) is 11.9. The fourth-order valence-corrected chi connectivity index (χ4v) is 1.80. The van der Waals surface area contributed by atoms with Crippen molar-refractivity contribution in [2.45, 2.75) is 32.2 Å². The molecule has 112 valence electrons. The summed E-state index contributed by atoms with van der Waals surface area (Å²) in [6.45, 7) is 3.11. The molecule has 0 spiro atoms. The van der Waals surface area contributed by atoms with Crippen LogP contribution in [-0.4, -0.2) is 32.3 Å². The van der Waals surface area contributed by atoms with Gasteiger partial charge in [-0.1, -0.05) is 13.3 Å². The van der Waals surface area contributed by atoms with Crippen LogP contribution in [0.4, 0.5) is 5.69 Å². The number of rotatable bonds is 9. The highest BCUT2D eigenvalue weighted by Gasteiger charge is 2.08. The predicted octanol–water partition coefficient (Wildman–Crippen LogP) is 2.17. The van der Waals surface area contributed by atoms with Gasteiger partial charge >= 0.3 is 0 Å². The summed E-state index contributed by atoms with van der Waals surface area (Å²) < 4.78 is 10.3. The molecule has 1 aromatic rings. The third-order valence-corrected chi connectivity index (χ3v) is 2.80. The molecule has 0 aliphatic rings. The fourth-order valence-electron chi connectivity index (χ4n) is 1.80. The van der Waals surface area contributed by atoms with E-state index in [9.17, 15) is 4.79 Å². The first-order valence-electron chi connectivity index (χ1n) is 6.93. The van der Waals surface area contributed by atoms with Gasteiger partial charge in [-0.25, -0.2) is 0 Å². The Balaban J connectivity index is 2.38. The van der Waals surface area contributed by atoms with Crippen molar-refractivity contribution in [2.75, 3.05) is 25.6 Å². The van der Waals surface area contributed by atoms with Gasteiger partial charge in [-0.05, 0) is 30.7 Å². The van der Waals surface area contributed by atoms with Crippen molar-refractivity contribution in [1.29, 1.82) is 0 Å². The highest BCUT2D eigenvalue weighted by Crippen LogP contribution is 2.16. The van der Waals surface area contributed by atoms with Crippen LogP contribution in [-0.2, 0) is 9.53 Å². The molecule has 1 aromatic carbocycles. The van der Waals surface area contributed by atoms with Gasteiger partial charge in [-0.3, -0.25) is 4.79 Å². The van der Waals surface area contributed by atoms with Gasteiger partial charge in [0.05, 0.1) is 6.61 Å². The molecule has 20 heavy (non-hydrogen) atoms. The van der Waals surface area contributed by atoms with Crippen LogP contribution in [0.1, 0.15) is 26.2 Å². The van der Waals surface area contributed by atoms with Gasteiger partial charge in [0, 0.05) is 25.3 Å². The topological polar surface area (TPSA) is 73.6 Å². The van der Waals surface area contributed by atoms with Crippen LogP contribution in [0, 0.1) is 0 Å². The van der Waals surface area contributed by atoms with Crippen molar-refractivity contribution in [1.82, 2.24) is 0 Å². The first-order valence-corrected chi connectivity index (χ1v) is 6.93. The fraction of sp³-hybridized carbons (Fsp3) is 0.533. The van der Waals surface area contributed by atoms with Crippen molar-refractivity contribution in [3.05, 3.63) is 24.3 Å². The van der Waals surface area contributed by atoms with Gasteiger partial charge in [0.25, 0.3) is 0 Å². The van der Waals surface area contributed by atoms with Gasteiger partial charge in [0.15, 0.2) is 0 Å². The van der Waals surface area contributed by atoms with Crippen LogP contribution >= 0.6 is 0 Å². The Morgan fingerprint density at radius 2 is 2.00 bits per heavy atom. The molecule has 1 unspecified atom stereocenters. The third-order valence-electron chi connectivity index (χ3n) is 2.80. The molecule has 5 nitrogen and oxygen atoms in total. The minimum absolute atomic E-state index is 0.0565. The molecular weight excluding hydrogens is 256 g/mol. The molecule has 3 N–H and O–H groups in total. The monoisotopic (exact) mass is 280 g/mol. The highest BCUT2D eigenvalue weighted by molar-refractivity contribution is 5.91. The Morgan fingerprint density at radius 3 is 2.60 bits per heavy atom. The minimum Gasteiger partial charge on any atom is -0.491 e. The predicted molar refractivity (Wildman–Crippen MR) is 79.9 cm³/mol. The standard InChI is InChI=1S/C15H24N2O3/c1-3-4-12(16)11-15(18)17-13-5-7-14(8-6-13)20-10-9-19-2/h5-8,12H,3-4,9-11,16H2,1-2H3,(H,17,18). The SMILES string of the molecule is CCCC(N)CC(=O)Nc1ccc(OCCOC)cc1. The van der Waals surface area contributed by atoms with Crippen LogP contribution < -0.4 is 15.8 Å². The maximum atomic E-state index is 11.8. The number of amides is 1. The van der Waals surface area contributed by atoms with E-state index in [2.05, 4.69) is 12.2 Å². The van der Waals surface area contributed by atoms with Crippen molar-refractivity contribution in [3.8, 4) is 5.75 Å². The smallest absolute Gasteiger partial charge is 0.225 e. The van der Waals surface area contributed by atoms with E-state index in [1.54, 1.807) is 7.11 Å². The Hall–Kier alpha value is -1.59. The summed E-state index contributed by atoms with van der Waals surface area (Å²) in [5, 5.41) is 2.83. The number of carbonyl (C=O) groups is 1. The number of ether oxygens (including phenoxy) is 2. The molecule has 0 bridgehead atoms. The molecule has 0 aliphatic carbocycles. The molecule has 1 rings (SSSR count). The van der Waals surface area contributed by atoms with E-state index >= 15 is 0 Å². The summed E-state index contributed by atoms with van der Waals surface area (Å²) in [5.74, 6) is 0.696. The number of benzene rings is 1. The number of carbonyl (C=O) groups excluding carboxylic acids is 1. The summed E-state index contributed by atoms with van der Waals surface area (Å²) in [6, 6.07) is 7.18. The van der Waals surface area contributed by atoms with Gasteiger partial charge in [0.2, 0.25) is 5.91 Å². The second kappa shape index (κ2) is 9.34. The second-order valence-corrected chi connectivity index (χ2v) is 4.67. The van der Waals surface area contributed by atoms with Crippen molar-refractivity contribution in [2.24, 2.45) is 5.73 Å². The highest BCUT2D eigenvalue weighted by atomic mass is 16.5. The van der Waals surface area contributed by atoms with E-state index in [4.69, 9.17) is 15.2 Å². The first-order chi connectivity index (χ1) is 9.65. The van der Waals surface area contributed by atoms with Crippen molar-refractivity contribution < 1.29 is 14.3 Å². The number of anilines is 1. The van der Waals surface area contributed by atoms with Crippen LogP contribution in [0.3, 0.4) is 0 Å². The lowest BCUT2D eigenvalue weighted by Crippen LogP contribution is -2.26. The Labute approximate surface area is 120 Å². The second-order valence-electron chi connectivity index (χ2n) is 4.67. The molecule has 1 atom stereocenters. The molecule has 1 amide bonds. The molecule has 0 radical (unpaired) electrons. The third kappa shape index (κ3) is 6.54. The quantitative estimate of drug-likeness (QED) is 0.680.